The van der Waals surface area contributed by atoms with Gasteiger partial charge in [-0.3, -0.25) is 0 Å². The molecule has 2 N–H and O–H groups in total. The lowest BCUT2D eigenvalue weighted by Gasteiger charge is -2.46. The first kappa shape index (κ1) is 13.8. The monoisotopic (exact) mass is 272 g/mol. The van der Waals surface area contributed by atoms with Gasteiger partial charge in [0, 0.05) is 11.8 Å². The molecule has 0 unspecified atom stereocenters. The predicted molar refractivity (Wildman–Crippen MR) is 80.4 cm³/mol. The predicted octanol–water partition coefficient (Wildman–Crippen LogP) is 3.26. The third-order valence-electron chi connectivity index (χ3n) is 4.93. The Morgan fingerprint density at radius 2 is 1.80 bits per heavy atom. The molecule has 2 aliphatic rings. The molecule has 0 radical (unpaired) electrons. The molecule has 2 aliphatic carbocycles. The lowest BCUT2D eigenvalue weighted by atomic mass is 9.62. The minimum Gasteiger partial charge on any atom is -0.392 e. The Morgan fingerprint density at radius 3 is 2.50 bits per heavy atom. The Kier molecular flexibility index (Phi) is 3.47. The number of fused-ring (bicyclic) bond motifs is 1. The van der Waals surface area contributed by atoms with Crippen molar-refractivity contribution in [2.24, 2.45) is 11.3 Å². The average molecular weight is 272 g/mol. The van der Waals surface area contributed by atoms with Gasteiger partial charge < -0.3 is 10.2 Å². The van der Waals surface area contributed by atoms with E-state index in [1.807, 2.05) is 18.2 Å². The zero-order valence-corrected chi connectivity index (χ0v) is 12.3. The van der Waals surface area contributed by atoms with Crippen molar-refractivity contribution in [2.75, 3.05) is 0 Å². The van der Waals surface area contributed by atoms with Crippen molar-refractivity contribution in [1.82, 2.24) is 0 Å². The maximum Gasteiger partial charge on any atom is 0.0701 e. The van der Waals surface area contributed by atoms with Crippen molar-refractivity contribution in [1.29, 1.82) is 0 Å². The smallest absolute Gasteiger partial charge is 0.0701 e. The van der Waals surface area contributed by atoms with Crippen molar-refractivity contribution >= 4 is 0 Å². The number of hydrogen-bond acceptors (Lipinski definition) is 2. The van der Waals surface area contributed by atoms with E-state index in [1.165, 1.54) is 11.1 Å². The lowest BCUT2D eigenvalue weighted by Crippen LogP contribution is -2.45. The lowest BCUT2D eigenvalue weighted by molar-refractivity contribution is -0.0294. The summed E-state index contributed by atoms with van der Waals surface area (Å²) in [6.07, 6.45) is 4.01. The average Bonchev–Trinajstić information content (AvgIpc) is 2.38. The van der Waals surface area contributed by atoms with E-state index < -0.39 is 12.2 Å². The van der Waals surface area contributed by atoms with Gasteiger partial charge in [-0.05, 0) is 30.2 Å². The summed E-state index contributed by atoms with van der Waals surface area (Å²) >= 11 is 0. The number of aliphatic hydroxyl groups excluding tert-OH is 2. The topological polar surface area (TPSA) is 40.5 Å². The molecule has 1 aromatic carbocycles. The second-order valence-electron chi connectivity index (χ2n) is 7.16. The molecular weight excluding hydrogens is 248 g/mol. The first-order chi connectivity index (χ1) is 9.48. The minimum atomic E-state index is -0.469. The summed E-state index contributed by atoms with van der Waals surface area (Å²) < 4.78 is 0. The summed E-state index contributed by atoms with van der Waals surface area (Å²) in [4.78, 5) is 0. The second-order valence-corrected chi connectivity index (χ2v) is 7.16. The molecule has 0 aromatic heterocycles. The Labute approximate surface area is 121 Å². The highest BCUT2D eigenvalue weighted by atomic mass is 16.3. The van der Waals surface area contributed by atoms with Gasteiger partial charge in [0.15, 0.2) is 0 Å². The first-order valence-electron chi connectivity index (χ1n) is 7.58. The van der Waals surface area contributed by atoms with Gasteiger partial charge in [-0.1, -0.05) is 55.8 Å². The third-order valence-corrected chi connectivity index (χ3v) is 4.93. The second kappa shape index (κ2) is 5.01. The fourth-order valence-corrected chi connectivity index (χ4v) is 4.04. The molecule has 1 fully saturated rings. The normalized spacial score (nSPS) is 36.1. The largest absolute Gasteiger partial charge is 0.392 e. The SMILES string of the molecule is CC1(C)CC2=CC[C@@H](c3ccccc3)[C@H](O)[C@H]2[C@@H](O)C1. The van der Waals surface area contributed by atoms with Crippen LogP contribution < -0.4 is 0 Å². The van der Waals surface area contributed by atoms with Crippen LogP contribution in [0.3, 0.4) is 0 Å². The minimum absolute atomic E-state index is 0.0815. The van der Waals surface area contributed by atoms with Crippen LogP contribution >= 0.6 is 0 Å². The summed E-state index contributed by atoms with van der Waals surface area (Å²) in [5, 5.41) is 21.2. The van der Waals surface area contributed by atoms with Crippen molar-refractivity contribution in [3.63, 3.8) is 0 Å². The van der Waals surface area contributed by atoms with Crippen LogP contribution in [0.15, 0.2) is 42.0 Å². The van der Waals surface area contributed by atoms with E-state index in [1.54, 1.807) is 0 Å². The van der Waals surface area contributed by atoms with Crippen LogP contribution in [0.4, 0.5) is 0 Å². The molecular formula is C18H24O2. The molecule has 1 aromatic rings. The molecule has 0 bridgehead atoms. The number of aliphatic hydroxyl groups is 2. The summed E-state index contributed by atoms with van der Waals surface area (Å²) in [6, 6.07) is 10.2. The van der Waals surface area contributed by atoms with E-state index in [0.29, 0.717) is 0 Å². The van der Waals surface area contributed by atoms with Crippen LogP contribution in [0, 0.1) is 11.3 Å². The van der Waals surface area contributed by atoms with Crippen LogP contribution in [0.1, 0.15) is 44.6 Å². The molecule has 1 saturated carbocycles. The number of hydrogen-bond donors (Lipinski definition) is 2. The molecule has 108 valence electrons. The van der Waals surface area contributed by atoms with Crippen LogP contribution in [0.5, 0.6) is 0 Å². The zero-order chi connectivity index (χ0) is 14.3. The van der Waals surface area contributed by atoms with Crippen molar-refractivity contribution in [3.05, 3.63) is 47.5 Å². The quantitative estimate of drug-likeness (QED) is 0.770. The Morgan fingerprint density at radius 1 is 1.10 bits per heavy atom. The Bertz CT molecular complexity index is 503. The van der Waals surface area contributed by atoms with Crippen LogP contribution in [0.25, 0.3) is 0 Å². The fraction of sp³-hybridized carbons (Fsp3) is 0.556. The van der Waals surface area contributed by atoms with Gasteiger partial charge in [0.05, 0.1) is 12.2 Å². The summed E-state index contributed by atoms with van der Waals surface area (Å²) in [6.45, 7) is 4.39. The molecule has 2 heteroatoms. The van der Waals surface area contributed by atoms with E-state index in [4.69, 9.17) is 0 Å². The van der Waals surface area contributed by atoms with Crippen molar-refractivity contribution in [2.45, 2.75) is 51.2 Å². The van der Waals surface area contributed by atoms with Gasteiger partial charge in [-0.2, -0.15) is 0 Å². The van der Waals surface area contributed by atoms with Gasteiger partial charge in [-0.25, -0.2) is 0 Å². The third kappa shape index (κ3) is 2.43. The van der Waals surface area contributed by atoms with E-state index >= 15 is 0 Å². The van der Waals surface area contributed by atoms with E-state index in [0.717, 1.165) is 19.3 Å². The Hall–Kier alpha value is -1.12. The molecule has 0 aliphatic heterocycles. The van der Waals surface area contributed by atoms with Gasteiger partial charge in [-0.15, -0.1) is 0 Å². The maximum absolute atomic E-state index is 10.8. The molecule has 2 nitrogen and oxygen atoms in total. The summed E-state index contributed by atoms with van der Waals surface area (Å²) in [5.74, 6) is 0.0304. The highest BCUT2D eigenvalue weighted by Gasteiger charge is 2.44. The molecule has 0 amide bonds. The van der Waals surface area contributed by atoms with E-state index in [9.17, 15) is 10.2 Å². The molecule has 0 saturated heterocycles. The molecule has 20 heavy (non-hydrogen) atoms. The highest BCUT2D eigenvalue weighted by molar-refractivity contribution is 5.29. The van der Waals surface area contributed by atoms with Gasteiger partial charge in [0.2, 0.25) is 0 Å². The standard InChI is InChI=1S/C18H24O2/c1-18(2)10-13-8-9-14(12-6-4-3-5-7-12)17(20)16(13)15(19)11-18/h3-8,14-17,19-20H,9-11H2,1-2H3/t14-,15-,16+,17-/m0/s1. The maximum atomic E-state index is 10.8. The summed E-state index contributed by atoms with van der Waals surface area (Å²) in [5.41, 5.74) is 2.57. The number of benzene rings is 1. The van der Waals surface area contributed by atoms with E-state index in [-0.39, 0.29) is 17.3 Å². The molecule has 0 heterocycles. The van der Waals surface area contributed by atoms with Crippen molar-refractivity contribution < 1.29 is 10.2 Å². The van der Waals surface area contributed by atoms with Crippen LogP contribution in [0.2, 0.25) is 0 Å². The van der Waals surface area contributed by atoms with Gasteiger partial charge in [0.1, 0.15) is 0 Å². The first-order valence-corrected chi connectivity index (χ1v) is 7.58. The number of allylic oxidation sites excluding steroid dienone is 1. The number of rotatable bonds is 1. The Balaban J connectivity index is 1.90. The van der Waals surface area contributed by atoms with Crippen LogP contribution in [-0.4, -0.2) is 22.4 Å². The summed E-state index contributed by atoms with van der Waals surface area (Å²) in [7, 11) is 0. The molecule has 3 rings (SSSR count). The zero-order valence-electron chi connectivity index (χ0n) is 12.3. The molecule has 0 spiro atoms. The highest BCUT2D eigenvalue weighted by Crippen LogP contribution is 2.48. The fourth-order valence-electron chi connectivity index (χ4n) is 4.04. The van der Waals surface area contributed by atoms with E-state index in [2.05, 4.69) is 32.1 Å². The van der Waals surface area contributed by atoms with Gasteiger partial charge in [0.25, 0.3) is 0 Å². The van der Waals surface area contributed by atoms with Gasteiger partial charge >= 0.3 is 0 Å². The molecule has 4 atom stereocenters. The van der Waals surface area contributed by atoms with Crippen molar-refractivity contribution in [3.8, 4) is 0 Å². The van der Waals surface area contributed by atoms with Crippen LogP contribution in [-0.2, 0) is 0 Å².